The average molecular weight is 342 g/mol. The van der Waals surface area contributed by atoms with Crippen LogP contribution in [0.2, 0.25) is 0 Å². The van der Waals surface area contributed by atoms with Crippen LogP contribution in [0.4, 0.5) is 0 Å². The van der Waals surface area contributed by atoms with Crippen LogP contribution in [0.15, 0.2) is 36.4 Å². The fraction of sp³-hybridized carbons (Fsp3) is 0.429. The van der Waals surface area contributed by atoms with E-state index >= 15 is 0 Å². The molecule has 2 atom stereocenters. The minimum absolute atomic E-state index is 0.0511. The number of rotatable bonds is 2. The van der Waals surface area contributed by atoms with Gasteiger partial charge in [0.2, 0.25) is 5.75 Å². The monoisotopic (exact) mass is 342 g/mol. The molecule has 0 radical (unpaired) electrons. The van der Waals surface area contributed by atoms with Crippen molar-refractivity contribution in [3.63, 3.8) is 0 Å². The van der Waals surface area contributed by atoms with E-state index in [0.29, 0.717) is 11.5 Å². The highest BCUT2D eigenvalue weighted by molar-refractivity contribution is 5.58. The third-order valence-electron chi connectivity index (χ3n) is 5.44. The van der Waals surface area contributed by atoms with E-state index in [2.05, 4.69) is 20.8 Å². The molecular weight excluding hydrogens is 316 g/mol. The fourth-order valence-corrected chi connectivity index (χ4v) is 4.89. The predicted octanol–water partition coefficient (Wildman–Crippen LogP) is 4.64. The third-order valence-corrected chi connectivity index (χ3v) is 5.44. The molecule has 25 heavy (non-hydrogen) atoms. The van der Waals surface area contributed by atoms with Crippen molar-refractivity contribution in [1.29, 1.82) is 0 Å². The summed E-state index contributed by atoms with van der Waals surface area (Å²) < 4.78 is 0. The molecule has 1 fully saturated rings. The normalized spacial score (nSPS) is 25.6. The lowest BCUT2D eigenvalue weighted by Gasteiger charge is -2.48. The largest absolute Gasteiger partial charge is 0.508 e. The van der Waals surface area contributed by atoms with Crippen LogP contribution < -0.4 is 0 Å². The van der Waals surface area contributed by atoms with E-state index < -0.39 is 11.2 Å². The van der Waals surface area contributed by atoms with E-state index in [4.69, 9.17) is 0 Å². The maximum atomic E-state index is 10.6. The zero-order chi connectivity index (χ0) is 18.4. The van der Waals surface area contributed by atoms with Gasteiger partial charge in [-0.05, 0) is 54.4 Å². The first kappa shape index (κ1) is 17.5. The van der Waals surface area contributed by atoms with E-state index in [1.807, 2.05) is 12.1 Å². The molecule has 0 spiro atoms. The summed E-state index contributed by atoms with van der Waals surface area (Å²) in [6.07, 6.45) is 2.70. The summed E-state index contributed by atoms with van der Waals surface area (Å²) in [6, 6.07) is 10.2. The molecule has 4 N–H and O–H groups in total. The summed E-state index contributed by atoms with van der Waals surface area (Å²) >= 11 is 0. The average Bonchev–Trinajstić information content (AvgIpc) is 2.51. The van der Waals surface area contributed by atoms with Gasteiger partial charge in [-0.1, -0.05) is 39.0 Å². The molecule has 0 aliphatic heterocycles. The van der Waals surface area contributed by atoms with Gasteiger partial charge in [-0.25, -0.2) is 0 Å². The number of phenolic OH excluding ortho intramolecular Hbond substituents is 4. The van der Waals surface area contributed by atoms with Crippen molar-refractivity contribution in [3.05, 3.63) is 47.5 Å². The topological polar surface area (TPSA) is 80.9 Å². The minimum atomic E-state index is -0.496. The second-order valence-corrected chi connectivity index (χ2v) is 8.31. The van der Waals surface area contributed by atoms with Crippen LogP contribution in [0.3, 0.4) is 0 Å². The van der Waals surface area contributed by atoms with Gasteiger partial charge in [0.1, 0.15) is 5.75 Å². The standard InChI is InChI=1S/C21H26O4/c1-13-10-20(2,3)12-21(11-13,14-4-6-15(22)7-5-14)16-8-9-17(23)19(25)18(16)24/h4-9,13,22-25H,10-12H2,1-3H3. The van der Waals surface area contributed by atoms with Gasteiger partial charge in [-0.15, -0.1) is 0 Å². The van der Waals surface area contributed by atoms with Crippen LogP contribution in [-0.2, 0) is 5.41 Å². The highest BCUT2D eigenvalue weighted by Gasteiger charge is 2.46. The Morgan fingerprint density at radius 3 is 2.08 bits per heavy atom. The lowest BCUT2D eigenvalue weighted by atomic mass is 9.55. The van der Waals surface area contributed by atoms with Crippen LogP contribution in [-0.4, -0.2) is 20.4 Å². The Labute approximate surface area is 148 Å². The summed E-state index contributed by atoms with van der Waals surface area (Å²) in [4.78, 5) is 0. The van der Waals surface area contributed by atoms with Gasteiger partial charge in [0, 0.05) is 11.0 Å². The molecule has 0 amide bonds. The molecule has 3 rings (SSSR count). The van der Waals surface area contributed by atoms with E-state index in [9.17, 15) is 20.4 Å². The van der Waals surface area contributed by atoms with E-state index in [0.717, 1.165) is 24.8 Å². The summed E-state index contributed by atoms with van der Waals surface area (Å²) in [7, 11) is 0. The first-order chi connectivity index (χ1) is 11.6. The highest BCUT2D eigenvalue weighted by Crippen LogP contribution is 2.57. The molecule has 4 nitrogen and oxygen atoms in total. The number of hydrogen-bond donors (Lipinski definition) is 4. The molecule has 0 heterocycles. The molecule has 134 valence electrons. The Morgan fingerprint density at radius 2 is 1.48 bits per heavy atom. The van der Waals surface area contributed by atoms with E-state index in [1.54, 1.807) is 18.2 Å². The molecule has 0 aromatic heterocycles. The zero-order valence-corrected chi connectivity index (χ0v) is 15.0. The Kier molecular flexibility index (Phi) is 4.10. The van der Waals surface area contributed by atoms with Crippen molar-refractivity contribution in [3.8, 4) is 23.0 Å². The van der Waals surface area contributed by atoms with Gasteiger partial charge in [0.05, 0.1) is 0 Å². The Bertz CT molecular complexity index is 779. The van der Waals surface area contributed by atoms with Crippen molar-refractivity contribution >= 4 is 0 Å². The summed E-state index contributed by atoms with van der Waals surface area (Å²) in [5, 5.41) is 40.1. The molecule has 2 aromatic carbocycles. The number of benzene rings is 2. The number of hydrogen-bond acceptors (Lipinski definition) is 4. The van der Waals surface area contributed by atoms with E-state index in [1.165, 1.54) is 6.07 Å². The molecule has 0 bridgehead atoms. The maximum Gasteiger partial charge on any atom is 0.200 e. The van der Waals surface area contributed by atoms with Crippen molar-refractivity contribution in [2.45, 2.75) is 45.4 Å². The van der Waals surface area contributed by atoms with Crippen LogP contribution in [0, 0.1) is 11.3 Å². The van der Waals surface area contributed by atoms with Crippen LogP contribution in [0.25, 0.3) is 0 Å². The minimum Gasteiger partial charge on any atom is -0.508 e. The molecule has 1 saturated carbocycles. The van der Waals surface area contributed by atoms with Crippen LogP contribution >= 0.6 is 0 Å². The van der Waals surface area contributed by atoms with Gasteiger partial charge >= 0.3 is 0 Å². The second kappa shape index (κ2) is 5.87. The molecule has 0 saturated heterocycles. The Balaban J connectivity index is 2.26. The van der Waals surface area contributed by atoms with Gasteiger partial charge in [-0.3, -0.25) is 0 Å². The van der Waals surface area contributed by atoms with E-state index in [-0.39, 0.29) is 22.7 Å². The highest BCUT2D eigenvalue weighted by atomic mass is 16.3. The lowest BCUT2D eigenvalue weighted by molar-refractivity contribution is 0.124. The van der Waals surface area contributed by atoms with Gasteiger partial charge in [0.15, 0.2) is 11.5 Å². The second-order valence-electron chi connectivity index (χ2n) is 8.31. The van der Waals surface area contributed by atoms with Gasteiger partial charge < -0.3 is 20.4 Å². The van der Waals surface area contributed by atoms with Crippen LogP contribution in [0.5, 0.6) is 23.0 Å². The van der Waals surface area contributed by atoms with Crippen molar-refractivity contribution in [1.82, 2.24) is 0 Å². The maximum absolute atomic E-state index is 10.6. The van der Waals surface area contributed by atoms with Crippen LogP contribution in [0.1, 0.15) is 51.2 Å². The quantitative estimate of drug-likeness (QED) is 0.599. The third kappa shape index (κ3) is 3.01. The zero-order valence-electron chi connectivity index (χ0n) is 15.0. The van der Waals surface area contributed by atoms with Gasteiger partial charge in [0.25, 0.3) is 0 Å². The summed E-state index contributed by atoms with van der Waals surface area (Å²) in [5.41, 5.74) is 1.16. The smallest absolute Gasteiger partial charge is 0.200 e. The summed E-state index contributed by atoms with van der Waals surface area (Å²) in [5.74, 6) is -0.456. The lowest BCUT2D eigenvalue weighted by Crippen LogP contribution is -2.41. The Hall–Kier alpha value is -2.36. The van der Waals surface area contributed by atoms with Crippen molar-refractivity contribution in [2.24, 2.45) is 11.3 Å². The Morgan fingerprint density at radius 1 is 0.840 bits per heavy atom. The molecule has 4 heteroatoms. The SMILES string of the molecule is CC1CC(C)(C)CC(c2ccc(O)cc2)(c2ccc(O)c(O)c2O)C1. The first-order valence-electron chi connectivity index (χ1n) is 8.68. The first-order valence-corrected chi connectivity index (χ1v) is 8.68. The molecule has 1 aliphatic rings. The molecule has 2 aromatic rings. The molecule has 2 unspecified atom stereocenters. The fourth-order valence-electron chi connectivity index (χ4n) is 4.89. The number of phenols is 4. The number of aromatic hydroxyl groups is 4. The molecular formula is C21H26O4. The predicted molar refractivity (Wildman–Crippen MR) is 97.1 cm³/mol. The molecule has 1 aliphatic carbocycles. The van der Waals surface area contributed by atoms with Crippen molar-refractivity contribution < 1.29 is 20.4 Å². The summed E-state index contributed by atoms with van der Waals surface area (Å²) in [6.45, 7) is 6.64. The van der Waals surface area contributed by atoms with Crippen molar-refractivity contribution in [2.75, 3.05) is 0 Å². The van der Waals surface area contributed by atoms with Gasteiger partial charge in [-0.2, -0.15) is 0 Å².